The number of amides is 1. The van der Waals surface area contributed by atoms with Gasteiger partial charge in [0.15, 0.2) is 0 Å². The van der Waals surface area contributed by atoms with E-state index in [4.69, 9.17) is 4.74 Å². The van der Waals surface area contributed by atoms with Crippen LogP contribution in [-0.2, 0) is 14.3 Å². The largest absolute Gasteiger partial charge is 0.466 e. The lowest BCUT2D eigenvalue weighted by Gasteiger charge is -2.22. The first-order valence-electron chi connectivity index (χ1n) is 28.9. The van der Waals surface area contributed by atoms with Gasteiger partial charge in [0, 0.05) is 12.8 Å². The quantitative estimate of drug-likeness (QED) is 0.0321. The highest BCUT2D eigenvalue weighted by molar-refractivity contribution is 5.76. The van der Waals surface area contributed by atoms with Gasteiger partial charge < -0.3 is 20.3 Å². The minimum Gasteiger partial charge on any atom is -0.466 e. The average molecular weight is 905 g/mol. The lowest BCUT2D eigenvalue weighted by Crippen LogP contribution is -2.45. The van der Waals surface area contributed by atoms with Crippen LogP contribution in [-0.4, -0.2) is 47.4 Å². The van der Waals surface area contributed by atoms with Crippen LogP contribution in [0.3, 0.4) is 0 Å². The number of unbranched alkanes of at least 4 members (excludes halogenated alkanes) is 41. The van der Waals surface area contributed by atoms with Crippen molar-refractivity contribution in [1.82, 2.24) is 5.32 Å². The molecule has 6 nitrogen and oxygen atoms in total. The normalized spacial score (nSPS) is 12.6. The van der Waals surface area contributed by atoms with E-state index < -0.39 is 12.1 Å². The predicted molar refractivity (Wildman–Crippen MR) is 278 cm³/mol. The maximum absolute atomic E-state index is 12.4. The van der Waals surface area contributed by atoms with Crippen molar-refractivity contribution in [2.75, 3.05) is 13.2 Å². The summed E-state index contributed by atoms with van der Waals surface area (Å²) in [4.78, 5) is 24.5. The highest BCUT2D eigenvalue weighted by Gasteiger charge is 2.20. The Bertz CT molecular complexity index is 955. The van der Waals surface area contributed by atoms with E-state index in [2.05, 4.69) is 31.3 Å². The highest BCUT2D eigenvalue weighted by Crippen LogP contribution is 2.17. The minimum absolute atomic E-state index is 0.0131. The van der Waals surface area contributed by atoms with E-state index in [9.17, 15) is 19.8 Å². The number of carbonyl (C=O) groups excluding carboxylic acids is 2. The Hall–Kier alpha value is -1.40. The molecule has 0 saturated heterocycles. The van der Waals surface area contributed by atoms with Crippen molar-refractivity contribution >= 4 is 11.9 Å². The molecule has 0 saturated carbocycles. The Balaban J connectivity index is 3.37. The number of allylic oxidation sites excluding steroid dienone is 2. The van der Waals surface area contributed by atoms with Crippen LogP contribution < -0.4 is 5.32 Å². The van der Waals surface area contributed by atoms with Crippen molar-refractivity contribution in [3.8, 4) is 0 Å². The molecule has 0 bridgehead atoms. The lowest BCUT2D eigenvalue weighted by atomic mass is 10.0. The molecule has 6 heteroatoms. The van der Waals surface area contributed by atoms with Crippen LogP contribution in [0.5, 0.6) is 0 Å². The fourth-order valence-corrected chi connectivity index (χ4v) is 9.11. The van der Waals surface area contributed by atoms with E-state index in [1.54, 1.807) is 0 Å². The van der Waals surface area contributed by atoms with Crippen LogP contribution in [0.2, 0.25) is 0 Å². The van der Waals surface area contributed by atoms with Gasteiger partial charge >= 0.3 is 5.97 Å². The van der Waals surface area contributed by atoms with Crippen molar-refractivity contribution in [3.05, 3.63) is 12.2 Å². The number of carbonyl (C=O) groups is 2. The van der Waals surface area contributed by atoms with Crippen molar-refractivity contribution in [1.29, 1.82) is 0 Å². The van der Waals surface area contributed by atoms with E-state index in [0.717, 1.165) is 38.5 Å². The van der Waals surface area contributed by atoms with Gasteiger partial charge in [-0.15, -0.1) is 0 Å². The molecule has 3 N–H and O–H groups in total. The molecule has 0 aliphatic heterocycles. The van der Waals surface area contributed by atoms with Crippen LogP contribution >= 0.6 is 0 Å². The van der Waals surface area contributed by atoms with Gasteiger partial charge in [-0.3, -0.25) is 9.59 Å². The Labute approximate surface area is 399 Å². The number of aliphatic hydroxyl groups is 2. The molecule has 0 aliphatic carbocycles. The van der Waals surface area contributed by atoms with Gasteiger partial charge in [-0.05, 0) is 51.4 Å². The summed E-state index contributed by atoms with van der Waals surface area (Å²) < 4.78 is 5.48. The third-order valence-corrected chi connectivity index (χ3v) is 13.6. The molecule has 2 atom stereocenters. The number of hydrogen-bond acceptors (Lipinski definition) is 5. The monoisotopic (exact) mass is 904 g/mol. The first-order chi connectivity index (χ1) is 31.5. The van der Waals surface area contributed by atoms with E-state index >= 15 is 0 Å². The summed E-state index contributed by atoms with van der Waals surface area (Å²) in [6.45, 7) is 4.95. The zero-order valence-electron chi connectivity index (χ0n) is 43.3. The fourth-order valence-electron chi connectivity index (χ4n) is 9.11. The summed E-state index contributed by atoms with van der Waals surface area (Å²) in [5, 5.41) is 23.1. The molecule has 380 valence electrons. The molecule has 0 heterocycles. The second kappa shape index (κ2) is 54.2. The molecule has 0 rings (SSSR count). The summed E-state index contributed by atoms with van der Waals surface area (Å²) in [7, 11) is 0. The molecule has 0 spiro atoms. The van der Waals surface area contributed by atoms with Crippen LogP contribution in [0.4, 0.5) is 0 Å². The molecule has 0 radical (unpaired) electrons. The average Bonchev–Trinajstić information content (AvgIpc) is 3.29. The first-order valence-corrected chi connectivity index (χ1v) is 28.9. The van der Waals surface area contributed by atoms with Gasteiger partial charge in [0.25, 0.3) is 0 Å². The second-order valence-corrected chi connectivity index (χ2v) is 20.0. The maximum atomic E-state index is 12.4. The van der Waals surface area contributed by atoms with Gasteiger partial charge in [0.1, 0.15) is 0 Å². The maximum Gasteiger partial charge on any atom is 0.305 e. The summed E-state index contributed by atoms with van der Waals surface area (Å²) in [6.07, 6.45) is 63.6. The standard InChI is InChI=1S/C58H113NO5/c1-3-5-7-9-11-13-15-16-25-29-32-36-40-44-48-52-58(63)64-53-49-45-41-37-33-30-27-24-22-20-18-17-19-21-23-26-28-31-35-39-43-47-51-57(62)59-55(54-60)56(61)50-46-42-38-34-14-12-10-8-6-4-2/h19,21,55-56,60-61H,3-18,20,22-54H2,1-2H3,(H,59,62)/b21-19-. The predicted octanol–water partition coefficient (Wildman–Crippen LogP) is 17.7. The second-order valence-electron chi connectivity index (χ2n) is 20.0. The van der Waals surface area contributed by atoms with Gasteiger partial charge in [-0.25, -0.2) is 0 Å². The molecule has 0 aromatic rings. The van der Waals surface area contributed by atoms with Crippen LogP contribution in [0.15, 0.2) is 12.2 Å². The summed E-state index contributed by atoms with van der Waals surface area (Å²) in [6, 6.07) is -0.544. The van der Waals surface area contributed by atoms with Crippen molar-refractivity contribution in [2.24, 2.45) is 0 Å². The topological polar surface area (TPSA) is 95.9 Å². The smallest absolute Gasteiger partial charge is 0.305 e. The van der Waals surface area contributed by atoms with Crippen LogP contribution in [0, 0.1) is 0 Å². The number of nitrogens with one attached hydrogen (secondary N) is 1. The number of ether oxygens (including phenoxy) is 1. The van der Waals surface area contributed by atoms with Crippen molar-refractivity contribution in [2.45, 2.75) is 334 Å². The number of hydrogen-bond donors (Lipinski definition) is 3. The minimum atomic E-state index is -0.666. The van der Waals surface area contributed by atoms with Crippen molar-refractivity contribution < 1.29 is 24.5 Å². The van der Waals surface area contributed by atoms with Gasteiger partial charge in [-0.1, -0.05) is 270 Å². The van der Waals surface area contributed by atoms with Gasteiger partial charge in [0.2, 0.25) is 5.91 Å². The first kappa shape index (κ1) is 62.6. The molecular formula is C58H113NO5. The van der Waals surface area contributed by atoms with E-state index in [1.165, 1.54) is 250 Å². The third-order valence-electron chi connectivity index (χ3n) is 13.6. The van der Waals surface area contributed by atoms with E-state index in [0.29, 0.717) is 25.9 Å². The molecule has 1 amide bonds. The molecule has 0 aromatic heterocycles. The molecular weight excluding hydrogens is 791 g/mol. The number of rotatable bonds is 54. The SMILES string of the molecule is CCCCCCCCCCCCCCCCCC(=O)OCCCCCCCCCCCCC/C=C\CCCCCCCCCC(=O)NC(CO)C(O)CCCCCCCCCCCC. The summed E-state index contributed by atoms with van der Waals surface area (Å²) in [5.74, 6) is -0.0295. The van der Waals surface area contributed by atoms with Crippen molar-refractivity contribution in [3.63, 3.8) is 0 Å². The molecule has 2 unspecified atom stereocenters. The zero-order valence-corrected chi connectivity index (χ0v) is 43.3. The Morgan fingerprint density at radius 2 is 0.734 bits per heavy atom. The number of esters is 1. The van der Waals surface area contributed by atoms with Gasteiger partial charge in [0.05, 0.1) is 25.4 Å². The van der Waals surface area contributed by atoms with E-state index in [-0.39, 0.29) is 18.5 Å². The molecule has 0 aromatic carbocycles. The Morgan fingerprint density at radius 3 is 1.11 bits per heavy atom. The van der Waals surface area contributed by atoms with E-state index in [1.807, 2.05) is 0 Å². The van der Waals surface area contributed by atoms with Crippen LogP contribution in [0.1, 0.15) is 322 Å². The Kier molecular flexibility index (Phi) is 53.0. The Morgan fingerprint density at radius 1 is 0.422 bits per heavy atom. The summed E-state index contributed by atoms with van der Waals surface area (Å²) in [5.41, 5.74) is 0. The molecule has 0 aliphatic rings. The van der Waals surface area contributed by atoms with Crippen LogP contribution in [0.25, 0.3) is 0 Å². The number of aliphatic hydroxyl groups excluding tert-OH is 2. The molecule has 64 heavy (non-hydrogen) atoms. The summed E-state index contributed by atoms with van der Waals surface area (Å²) >= 11 is 0. The molecule has 0 fully saturated rings. The fraction of sp³-hybridized carbons (Fsp3) is 0.931. The third kappa shape index (κ3) is 50.0. The van der Waals surface area contributed by atoms with Gasteiger partial charge in [-0.2, -0.15) is 0 Å². The zero-order chi connectivity index (χ0) is 46.5. The highest BCUT2D eigenvalue weighted by atomic mass is 16.5. The lowest BCUT2D eigenvalue weighted by molar-refractivity contribution is -0.143.